The molecular weight excluding hydrogens is 226 g/mol. The molecular formula is C13H16F2O2. The summed E-state index contributed by atoms with van der Waals surface area (Å²) in [6.45, 7) is 2.36. The lowest BCUT2D eigenvalue weighted by molar-refractivity contribution is -0.00727. The lowest BCUT2D eigenvalue weighted by Gasteiger charge is -2.28. The number of aliphatic hydroxyl groups excluding tert-OH is 1. The molecule has 2 atom stereocenters. The maximum absolute atomic E-state index is 13.8. The van der Waals surface area contributed by atoms with Crippen LogP contribution in [-0.2, 0) is 10.3 Å². The number of benzene rings is 1. The van der Waals surface area contributed by atoms with Gasteiger partial charge in [-0.15, -0.1) is 0 Å². The van der Waals surface area contributed by atoms with Gasteiger partial charge in [-0.2, -0.15) is 0 Å². The van der Waals surface area contributed by atoms with E-state index in [9.17, 15) is 8.78 Å². The van der Waals surface area contributed by atoms with Crippen molar-refractivity contribution >= 4 is 0 Å². The molecule has 2 nitrogen and oxygen atoms in total. The molecule has 0 saturated carbocycles. The Morgan fingerprint density at radius 2 is 2.24 bits per heavy atom. The summed E-state index contributed by atoms with van der Waals surface area (Å²) in [7, 11) is 0. The molecule has 94 valence electrons. The van der Waals surface area contributed by atoms with Crippen molar-refractivity contribution in [3.05, 3.63) is 35.4 Å². The van der Waals surface area contributed by atoms with Crippen molar-refractivity contribution in [3.8, 4) is 0 Å². The van der Waals surface area contributed by atoms with E-state index in [1.807, 2.05) is 6.92 Å². The highest BCUT2D eigenvalue weighted by molar-refractivity contribution is 5.26. The quantitative estimate of drug-likeness (QED) is 0.882. The molecule has 1 aromatic rings. The lowest BCUT2D eigenvalue weighted by atomic mass is 9.85. The van der Waals surface area contributed by atoms with E-state index in [1.54, 1.807) is 0 Å². The van der Waals surface area contributed by atoms with Gasteiger partial charge in [0.25, 0.3) is 0 Å². The molecule has 1 N–H and O–H groups in total. The van der Waals surface area contributed by atoms with E-state index >= 15 is 0 Å². The van der Waals surface area contributed by atoms with Gasteiger partial charge in [0.1, 0.15) is 11.6 Å². The van der Waals surface area contributed by atoms with Gasteiger partial charge >= 0.3 is 0 Å². The molecule has 0 aliphatic carbocycles. The van der Waals surface area contributed by atoms with Crippen LogP contribution in [0.5, 0.6) is 0 Å². The molecule has 1 saturated heterocycles. The minimum absolute atomic E-state index is 0.0272. The summed E-state index contributed by atoms with van der Waals surface area (Å²) < 4.78 is 32.3. The Kier molecular flexibility index (Phi) is 3.45. The molecule has 1 aliphatic heterocycles. The van der Waals surface area contributed by atoms with Crippen molar-refractivity contribution in [1.29, 1.82) is 0 Å². The van der Waals surface area contributed by atoms with Crippen molar-refractivity contribution in [2.45, 2.75) is 25.4 Å². The Bertz CT molecular complexity index is 408. The van der Waals surface area contributed by atoms with E-state index in [-0.39, 0.29) is 12.5 Å². The van der Waals surface area contributed by atoms with Crippen LogP contribution in [0.4, 0.5) is 8.78 Å². The average Bonchev–Trinajstić information content (AvgIpc) is 2.74. The molecule has 4 heteroatoms. The first kappa shape index (κ1) is 12.5. The number of rotatable bonds is 3. The standard InChI is InChI=1S/C13H16F2O2/c1-2-13(6-9(7-16)8-17-13)11-4-3-10(14)5-12(11)15/h3-5,9,16H,2,6-8H2,1H3/t9-,13-/m1/s1. The second kappa shape index (κ2) is 4.70. The van der Waals surface area contributed by atoms with Gasteiger partial charge in [0.2, 0.25) is 0 Å². The Hall–Kier alpha value is -1.00. The Morgan fingerprint density at radius 1 is 1.47 bits per heavy atom. The van der Waals surface area contributed by atoms with Gasteiger partial charge in [0.05, 0.1) is 12.2 Å². The van der Waals surface area contributed by atoms with Crippen LogP contribution in [0.25, 0.3) is 0 Å². The van der Waals surface area contributed by atoms with Gasteiger partial charge in [-0.25, -0.2) is 8.78 Å². The maximum Gasteiger partial charge on any atom is 0.132 e. The number of ether oxygens (including phenoxy) is 1. The minimum atomic E-state index is -0.717. The second-order valence-corrected chi connectivity index (χ2v) is 4.54. The Morgan fingerprint density at radius 3 is 2.76 bits per heavy atom. The maximum atomic E-state index is 13.8. The number of aliphatic hydroxyl groups is 1. The van der Waals surface area contributed by atoms with Gasteiger partial charge in [0.15, 0.2) is 0 Å². The molecule has 1 fully saturated rings. The van der Waals surface area contributed by atoms with Gasteiger partial charge in [0, 0.05) is 24.2 Å². The highest BCUT2D eigenvalue weighted by Gasteiger charge is 2.41. The third-order valence-electron chi connectivity index (χ3n) is 3.47. The fourth-order valence-electron chi connectivity index (χ4n) is 2.46. The number of hydrogen-bond acceptors (Lipinski definition) is 2. The Balaban J connectivity index is 2.35. The molecule has 0 amide bonds. The molecule has 0 unspecified atom stereocenters. The summed E-state index contributed by atoms with van der Waals surface area (Å²) in [5.74, 6) is -1.14. The van der Waals surface area contributed by atoms with Gasteiger partial charge < -0.3 is 9.84 Å². The molecule has 1 aromatic carbocycles. The van der Waals surface area contributed by atoms with Gasteiger partial charge in [-0.1, -0.05) is 13.0 Å². The van der Waals surface area contributed by atoms with Crippen LogP contribution in [0.15, 0.2) is 18.2 Å². The van der Waals surface area contributed by atoms with E-state index in [1.165, 1.54) is 12.1 Å². The fraction of sp³-hybridized carbons (Fsp3) is 0.538. The summed E-state index contributed by atoms with van der Waals surface area (Å²) in [6.07, 6.45) is 1.18. The third-order valence-corrected chi connectivity index (χ3v) is 3.47. The zero-order valence-corrected chi connectivity index (χ0v) is 9.75. The van der Waals surface area contributed by atoms with Crippen molar-refractivity contribution in [3.63, 3.8) is 0 Å². The first-order chi connectivity index (χ1) is 8.11. The van der Waals surface area contributed by atoms with Crippen molar-refractivity contribution < 1.29 is 18.6 Å². The Labute approximate surface area is 99.2 Å². The van der Waals surface area contributed by atoms with Crippen LogP contribution < -0.4 is 0 Å². The molecule has 1 aliphatic rings. The second-order valence-electron chi connectivity index (χ2n) is 4.54. The molecule has 2 rings (SSSR count). The monoisotopic (exact) mass is 242 g/mol. The van der Waals surface area contributed by atoms with Gasteiger partial charge in [-0.05, 0) is 18.9 Å². The lowest BCUT2D eigenvalue weighted by Crippen LogP contribution is -2.25. The summed E-state index contributed by atoms with van der Waals surface area (Å²) in [5, 5.41) is 9.12. The normalized spacial score (nSPS) is 28.6. The predicted octanol–water partition coefficient (Wildman–Crippen LogP) is 2.60. The van der Waals surface area contributed by atoms with Crippen molar-refractivity contribution in [2.75, 3.05) is 13.2 Å². The highest BCUT2D eigenvalue weighted by Crippen LogP contribution is 2.42. The van der Waals surface area contributed by atoms with Crippen LogP contribution in [0.1, 0.15) is 25.3 Å². The smallest absolute Gasteiger partial charge is 0.132 e. The first-order valence-electron chi connectivity index (χ1n) is 5.81. The zero-order valence-electron chi connectivity index (χ0n) is 9.75. The van der Waals surface area contributed by atoms with Crippen molar-refractivity contribution in [1.82, 2.24) is 0 Å². The van der Waals surface area contributed by atoms with Crippen molar-refractivity contribution in [2.24, 2.45) is 5.92 Å². The summed E-state index contributed by atoms with van der Waals surface area (Å²) in [4.78, 5) is 0. The largest absolute Gasteiger partial charge is 0.396 e. The molecule has 0 spiro atoms. The highest BCUT2D eigenvalue weighted by atomic mass is 19.1. The predicted molar refractivity (Wildman–Crippen MR) is 59.5 cm³/mol. The molecule has 0 aromatic heterocycles. The topological polar surface area (TPSA) is 29.5 Å². The van der Waals surface area contributed by atoms with E-state index < -0.39 is 17.2 Å². The number of halogens is 2. The van der Waals surface area contributed by atoms with E-state index in [0.717, 1.165) is 6.07 Å². The molecule has 0 radical (unpaired) electrons. The van der Waals surface area contributed by atoms with Crippen LogP contribution in [0.3, 0.4) is 0 Å². The number of hydrogen-bond donors (Lipinski definition) is 1. The van der Waals surface area contributed by atoms with Crippen LogP contribution in [0, 0.1) is 17.6 Å². The first-order valence-corrected chi connectivity index (χ1v) is 5.81. The van der Waals surface area contributed by atoms with E-state index in [4.69, 9.17) is 9.84 Å². The minimum Gasteiger partial charge on any atom is -0.396 e. The summed E-state index contributed by atoms with van der Waals surface area (Å²) in [6, 6.07) is 3.56. The zero-order chi connectivity index (χ0) is 12.5. The third kappa shape index (κ3) is 2.19. The van der Waals surface area contributed by atoms with Crippen LogP contribution in [0.2, 0.25) is 0 Å². The molecule has 17 heavy (non-hydrogen) atoms. The SMILES string of the molecule is CC[C@]1(c2ccc(F)cc2F)C[C@H](CO)CO1. The van der Waals surface area contributed by atoms with Crippen LogP contribution >= 0.6 is 0 Å². The molecule has 0 bridgehead atoms. The average molecular weight is 242 g/mol. The van der Waals surface area contributed by atoms with E-state index in [2.05, 4.69) is 0 Å². The van der Waals surface area contributed by atoms with Crippen LogP contribution in [-0.4, -0.2) is 18.3 Å². The summed E-state index contributed by atoms with van der Waals surface area (Å²) in [5.41, 5.74) is -0.331. The summed E-state index contributed by atoms with van der Waals surface area (Å²) >= 11 is 0. The fourth-order valence-corrected chi connectivity index (χ4v) is 2.46. The van der Waals surface area contributed by atoms with Gasteiger partial charge in [-0.3, -0.25) is 0 Å². The van der Waals surface area contributed by atoms with E-state index in [0.29, 0.717) is 25.0 Å². The molecule has 1 heterocycles.